The van der Waals surface area contributed by atoms with E-state index in [0.29, 0.717) is 0 Å². The van der Waals surface area contributed by atoms with Gasteiger partial charge in [0.05, 0.1) is 0 Å². The molecule has 0 amide bonds. The first-order chi connectivity index (χ1) is 27.8. The van der Waals surface area contributed by atoms with Crippen LogP contribution in [0.25, 0.3) is 0 Å². The lowest BCUT2D eigenvalue weighted by Gasteiger charge is -2.64. The van der Waals surface area contributed by atoms with Gasteiger partial charge >= 0.3 is 16.8 Å². The van der Waals surface area contributed by atoms with E-state index in [9.17, 15) is 0 Å². The summed E-state index contributed by atoms with van der Waals surface area (Å²) in [4.78, 5) is 0. The Balaban J connectivity index is 1.57. The van der Waals surface area contributed by atoms with Gasteiger partial charge in [-0.05, 0) is 62.3 Å². The second-order valence-electron chi connectivity index (χ2n) is 14.1. The molecule has 0 radical (unpaired) electrons. The third-order valence-corrected chi connectivity index (χ3v) is 29.9. The number of anilines is 3. The van der Waals surface area contributed by atoms with Crippen LogP contribution in [0.4, 0.5) is 17.1 Å². The van der Waals surface area contributed by atoms with E-state index in [1.807, 2.05) is 0 Å². The van der Waals surface area contributed by atoms with Gasteiger partial charge in [0.2, 0.25) is 9.12 Å². The molecule has 1 unspecified atom stereocenters. The van der Waals surface area contributed by atoms with Crippen molar-refractivity contribution in [3.8, 4) is 0 Å². The van der Waals surface area contributed by atoms with E-state index in [1.54, 1.807) is 0 Å². The summed E-state index contributed by atoms with van der Waals surface area (Å²) in [6.07, 6.45) is 0. The Morgan fingerprint density at radius 3 is 1.07 bits per heavy atom. The second-order valence-corrected chi connectivity index (χ2v) is 27.2. The summed E-state index contributed by atoms with van der Waals surface area (Å²) < 4.78 is 13.5. The molecule has 9 rings (SSSR count). The van der Waals surface area contributed by atoms with Crippen LogP contribution in [0.5, 0.6) is 0 Å². The molecule has 4 nitrogen and oxygen atoms in total. The first-order valence-corrected chi connectivity index (χ1v) is 26.2. The molecular formula is C48H44N4Si4. The number of nitrogens with zero attached hydrogens (tertiary/aromatic N) is 3. The Labute approximate surface area is 337 Å². The SMILES string of the molecule is c1ccc(N2[SiH2]N[SiH](c3ccccc3)N(c3ccccc3)[Si](c3ccccc3)(c3ccccc3)N(c3ccccc3)[Si]2(c2ccccc2)c2ccccc2)cc1. The van der Waals surface area contributed by atoms with Gasteiger partial charge in [-0.15, -0.1) is 0 Å². The molecule has 8 aromatic carbocycles. The highest BCUT2D eigenvalue weighted by atomic mass is 28.5. The Morgan fingerprint density at radius 2 is 0.661 bits per heavy atom. The number of nitrogens with one attached hydrogen (secondary N) is 1. The van der Waals surface area contributed by atoms with E-state index in [1.165, 1.54) is 43.0 Å². The maximum atomic E-state index is 4.57. The van der Waals surface area contributed by atoms with Crippen LogP contribution in [0.15, 0.2) is 243 Å². The molecule has 0 bridgehead atoms. The average Bonchev–Trinajstić information content (AvgIpc) is 3.29. The Hall–Kier alpha value is -6.01. The highest BCUT2D eigenvalue weighted by molar-refractivity contribution is 7.28. The Kier molecular flexibility index (Phi) is 10.2. The first-order valence-electron chi connectivity index (χ1n) is 19.4. The fourth-order valence-electron chi connectivity index (χ4n) is 8.82. The number of benzene rings is 8. The van der Waals surface area contributed by atoms with E-state index in [2.05, 4.69) is 260 Å². The molecular weight excluding hydrogens is 745 g/mol. The molecule has 1 aliphatic rings. The lowest BCUT2D eigenvalue weighted by atomic mass is 10.3. The van der Waals surface area contributed by atoms with E-state index >= 15 is 0 Å². The molecule has 1 aliphatic heterocycles. The van der Waals surface area contributed by atoms with Crippen molar-refractivity contribution in [3.05, 3.63) is 243 Å². The summed E-state index contributed by atoms with van der Waals surface area (Å²) in [6.45, 7) is 0. The third-order valence-electron chi connectivity index (χ3n) is 11.0. The molecule has 8 aromatic rings. The zero-order chi connectivity index (χ0) is 37.6. The van der Waals surface area contributed by atoms with Crippen molar-refractivity contribution >= 4 is 78.8 Å². The molecule has 0 aromatic heterocycles. The summed E-state index contributed by atoms with van der Waals surface area (Å²) in [5, 5.41) is 6.76. The minimum Gasteiger partial charge on any atom is -0.395 e. The van der Waals surface area contributed by atoms with Crippen molar-refractivity contribution in [2.24, 2.45) is 0 Å². The van der Waals surface area contributed by atoms with Gasteiger partial charge in [0.15, 0.2) is 9.84 Å². The molecule has 1 atom stereocenters. The number of para-hydroxylation sites is 3. The van der Waals surface area contributed by atoms with E-state index in [0.717, 1.165) is 0 Å². The van der Waals surface area contributed by atoms with Crippen molar-refractivity contribution in [2.75, 3.05) is 12.7 Å². The van der Waals surface area contributed by atoms with Crippen LogP contribution in [-0.2, 0) is 0 Å². The predicted octanol–water partition coefficient (Wildman–Crippen LogP) is 5.75. The van der Waals surface area contributed by atoms with E-state index in [4.69, 9.17) is 0 Å². The van der Waals surface area contributed by atoms with Crippen molar-refractivity contribution in [3.63, 3.8) is 0 Å². The molecule has 0 spiro atoms. The first kappa shape index (κ1) is 35.7. The van der Waals surface area contributed by atoms with Crippen molar-refractivity contribution in [1.82, 2.24) is 4.65 Å². The zero-order valence-corrected chi connectivity index (χ0v) is 35.8. The largest absolute Gasteiger partial charge is 0.395 e. The molecule has 0 aliphatic carbocycles. The molecule has 1 N–H and O–H groups in total. The normalized spacial score (nSPS) is 16.9. The van der Waals surface area contributed by atoms with Crippen molar-refractivity contribution in [2.45, 2.75) is 0 Å². The van der Waals surface area contributed by atoms with Gasteiger partial charge in [0, 0.05) is 17.1 Å². The highest BCUT2D eigenvalue weighted by Gasteiger charge is 2.64. The summed E-state index contributed by atoms with van der Waals surface area (Å²) in [5.41, 5.74) is 3.72. The summed E-state index contributed by atoms with van der Waals surface area (Å²) in [6, 6.07) is 91.3. The molecule has 0 saturated carbocycles. The Bertz CT molecular complexity index is 2350. The number of hydrogen-bond acceptors (Lipinski definition) is 4. The molecule has 8 heteroatoms. The van der Waals surface area contributed by atoms with Crippen LogP contribution >= 0.6 is 0 Å². The van der Waals surface area contributed by atoms with Gasteiger partial charge < -0.3 is 17.3 Å². The zero-order valence-electron chi connectivity index (χ0n) is 31.2. The van der Waals surface area contributed by atoms with Gasteiger partial charge in [-0.3, -0.25) is 0 Å². The number of hydrogen-bond donors (Lipinski definition) is 1. The fraction of sp³-hybridized carbons (Fsp3) is 0. The quantitative estimate of drug-likeness (QED) is 0.198. The molecule has 272 valence electrons. The second kappa shape index (κ2) is 16.0. The van der Waals surface area contributed by atoms with Gasteiger partial charge in [0.25, 0.3) is 0 Å². The predicted molar refractivity (Wildman–Crippen MR) is 247 cm³/mol. The maximum Gasteiger partial charge on any atom is 0.317 e. The maximum absolute atomic E-state index is 4.57. The van der Waals surface area contributed by atoms with Crippen LogP contribution in [0.3, 0.4) is 0 Å². The van der Waals surface area contributed by atoms with Gasteiger partial charge in [0.1, 0.15) is 0 Å². The average molecular weight is 789 g/mol. The molecule has 1 saturated heterocycles. The van der Waals surface area contributed by atoms with Crippen LogP contribution in [0.2, 0.25) is 0 Å². The minimum atomic E-state index is -3.47. The van der Waals surface area contributed by atoms with Gasteiger partial charge in [-0.25, -0.2) is 0 Å². The minimum absolute atomic E-state index is 1.23. The molecule has 1 heterocycles. The van der Waals surface area contributed by atoms with E-state index in [-0.39, 0.29) is 0 Å². The highest BCUT2D eigenvalue weighted by Crippen LogP contribution is 2.38. The van der Waals surface area contributed by atoms with Crippen molar-refractivity contribution in [1.29, 1.82) is 0 Å². The number of rotatable bonds is 8. The lowest BCUT2D eigenvalue weighted by Crippen LogP contribution is -2.98. The topological polar surface area (TPSA) is 21.8 Å². The van der Waals surface area contributed by atoms with Crippen molar-refractivity contribution < 1.29 is 0 Å². The van der Waals surface area contributed by atoms with Crippen LogP contribution < -0.4 is 43.3 Å². The van der Waals surface area contributed by atoms with Crippen LogP contribution in [0, 0.1) is 0 Å². The third kappa shape index (κ3) is 6.17. The molecule has 1 fully saturated rings. The van der Waals surface area contributed by atoms with Crippen LogP contribution in [0.1, 0.15) is 0 Å². The summed E-state index contributed by atoms with van der Waals surface area (Å²) in [5.74, 6) is 0. The standard InChI is InChI=1S/C48H44N4Si4/c1-9-25-41(26-10-1)50-53-49-54(44-31-15-4-16-32-44)51(42-27-11-2-12-28-42)56(47-37-21-7-22-38-47,48-39-23-8-24-40-48)52(43-29-13-3-14-30-43)55(50,45-33-17-5-18-34-45)46-35-19-6-20-36-46/h1-40,49,54H,53H2. The monoisotopic (exact) mass is 788 g/mol. The summed E-state index contributed by atoms with van der Waals surface area (Å²) in [7, 11) is -10.4. The fourth-order valence-corrected chi connectivity index (χ4v) is 33.9. The Morgan fingerprint density at radius 1 is 0.339 bits per heavy atom. The van der Waals surface area contributed by atoms with Crippen LogP contribution in [-0.4, -0.2) is 35.8 Å². The van der Waals surface area contributed by atoms with Gasteiger partial charge in [-0.2, -0.15) is 0 Å². The smallest absolute Gasteiger partial charge is 0.317 e. The van der Waals surface area contributed by atoms with Gasteiger partial charge in [-0.1, -0.05) is 206 Å². The lowest BCUT2D eigenvalue weighted by molar-refractivity contribution is 1.24. The molecule has 56 heavy (non-hydrogen) atoms. The van der Waals surface area contributed by atoms with E-state index < -0.39 is 35.8 Å². The summed E-state index contributed by atoms with van der Waals surface area (Å²) >= 11 is 0.